The number of aliphatic hydroxyl groups excluding tert-OH is 1. The minimum Gasteiger partial charge on any atom is -0.394 e. The highest BCUT2D eigenvalue weighted by Crippen LogP contribution is 2.28. The number of nitrogens with one attached hydrogen (secondary N) is 1. The average Bonchev–Trinajstić information content (AvgIpc) is 3.15. The molecule has 0 spiro atoms. The predicted molar refractivity (Wildman–Crippen MR) is 78.3 cm³/mol. The number of hydrogen-bond donors (Lipinski definition) is 2. The van der Waals surface area contributed by atoms with Gasteiger partial charge in [0.1, 0.15) is 0 Å². The zero-order chi connectivity index (χ0) is 13.2. The average molecular weight is 265 g/mol. The number of hydrogen-bond acceptors (Lipinski definition) is 3. The van der Waals surface area contributed by atoms with Crippen molar-refractivity contribution in [2.45, 2.75) is 50.1 Å². The first-order valence-electron chi connectivity index (χ1n) is 6.61. The van der Waals surface area contributed by atoms with Gasteiger partial charge in [-0.05, 0) is 56.9 Å². The SMILES string of the molecule is Cc1ccc(SCC(C)(CO)NC2CC2)cc1C. The zero-order valence-electron chi connectivity index (χ0n) is 11.5. The monoisotopic (exact) mass is 265 g/mol. The van der Waals surface area contributed by atoms with E-state index < -0.39 is 0 Å². The van der Waals surface area contributed by atoms with Crippen molar-refractivity contribution in [3.8, 4) is 0 Å². The lowest BCUT2D eigenvalue weighted by atomic mass is 10.1. The Hall–Kier alpha value is -0.510. The molecule has 2 nitrogen and oxygen atoms in total. The van der Waals surface area contributed by atoms with Crippen LogP contribution in [0, 0.1) is 13.8 Å². The number of aryl methyl sites for hydroxylation is 2. The molecule has 1 fully saturated rings. The quantitative estimate of drug-likeness (QED) is 0.776. The standard InChI is InChI=1S/C15H23NOS/c1-11-4-7-14(8-12(11)2)18-10-15(3,9-17)16-13-5-6-13/h4,7-8,13,16-17H,5-6,9-10H2,1-3H3. The molecule has 2 N–H and O–H groups in total. The highest BCUT2D eigenvalue weighted by atomic mass is 32.2. The summed E-state index contributed by atoms with van der Waals surface area (Å²) in [5.74, 6) is 0.905. The molecular weight excluding hydrogens is 242 g/mol. The van der Waals surface area contributed by atoms with Crippen LogP contribution in [0.3, 0.4) is 0 Å². The number of aliphatic hydroxyl groups is 1. The van der Waals surface area contributed by atoms with Crippen molar-refractivity contribution in [1.82, 2.24) is 5.32 Å². The zero-order valence-corrected chi connectivity index (χ0v) is 12.3. The van der Waals surface area contributed by atoms with Gasteiger partial charge in [-0.25, -0.2) is 0 Å². The van der Waals surface area contributed by atoms with E-state index in [0.29, 0.717) is 6.04 Å². The van der Waals surface area contributed by atoms with Crippen molar-refractivity contribution in [2.24, 2.45) is 0 Å². The molecule has 1 aromatic rings. The second kappa shape index (κ2) is 5.64. The fourth-order valence-electron chi connectivity index (χ4n) is 1.90. The van der Waals surface area contributed by atoms with Crippen LogP contribution in [0.15, 0.2) is 23.1 Å². The van der Waals surface area contributed by atoms with E-state index >= 15 is 0 Å². The van der Waals surface area contributed by atoms with Crippen molar-refractivity contribution in [2.75, 3.05) is 12.4 Å². The van der Waals surface area contributed by atoms with Gasteiger partial charge in [0.25, 0.3) is 0 Å². The van der Waals surface area contributed by atoms with Gasteiger partial charge in [-0.15, -0.1) is 11.8 Å². The maximum absolute atomic E-state index is 9.56. The molecule has 1 unspecified atom stereocenters. The second-order valence-electron chi connectivity index (χ2n) is 5.67. The first kappa shape index (κ1) is 13.9. The smallest absolute Gasteiger partial charge is 0.0618 e. The normalized spacial score (nSPS) is 18.7. The van der Waals surface area contributed by atoms with E-state index in [9.17, 15) is 5.11 Å². The molecule has 0 heterocycles. The highest BCUT2D eigenvalue weighted by molar-refractivity contribution is 7.99. The molecule has 0 aliphatic heterocycles. The van der Waals surface area contributed by atoms with Crippen molar-refractivity contribution in [3.05, 3.63) is 29.3 Å². The molecule has 18 heavy (non-hydrogen) atoms. The summed E-state index contributed by atoms with van der Waals surface area (Å²) in [6.07, 6.45) is 2.51. The molecule has 0 amide bonds. The number of benzene rings is 1. The van der Waals surface area contributed by atoms with Gasteiger partial charge >= 0.3 is 0 Å². The van der Waals surface area contributed by atoms with Crippen LogP contribution >= 0.6 is 11.8 Å². The second-order valence-corrected chi connectivity index (χ2v) is 6.72. The Labute approximate surface area is 114 Å². The van der Waals surface area contributed by atoms with Crippen LogP contribution in [-0.2, 0) is 0 Å². The molecule has 0 bridgehead atoms. The first-order chi connectivity index (χ1) is 8.52. The molecule has 1 aromatic carbocycles. The van der Waals surface area contributed by atoms with Gasteiger partial charge in [-0.3, -0.25) is 0 Å². The van der Waals surface area contributed by atoms with Crippen molar-refractivity contribution >= 4 is 11.8 Å². The van der Waals surface area contributed by atoms with Crippen LogP contribution in [0.2, 0.25) is 0 Å². The third kappa shape index (κ3) is 3.74. The maximum Gasteiger partial charge on any atom is 0.0618 e. The number of thioether (sulfide) groups is 1. The van der Waals surface area contributed by atoms with Gasteiger partial charge in [0, 0.05) is 22.2 Å². The molecular formula is C15H23NOS. The molecule has 0 radical (unpaired) electrons. The van der Waals surface area contributed by atoms with E-state index in [1.807, 2.05) is 11.8 Å². The molecule has 1 saturated carbocycles. The Kier molecular flexibility index (Phi) is 4.36. The minimum absolute atomic E-state index is 0.162. The summed E-state index contributed by atoms with van der Waals surface area (Å²) in [4.78, 5) is 1.29. The lowest BCUT2D eigenvalue weighted by Crippen LogP contribution is -2.49. The van der Waals surface area contributed by atoms with Crippen LogP contribution in [0.5, 0.6) is 0 Å². The molecule has 2 rings (SSSR count). The largest absolute Gasteiger partial charge is 0.394 e. The van der Waals surface area contributed by atoms with Crippen molar-refractivity contribution in [3.63, 3.8) is 0 Å². The van der Waals surface area contributed by atoms with E-state index in [1.165, 1.54) is 28.9 Å². The van der Waals surface area contributed by atoms with E-state index in [2.05, 4.69) is 44.3 Å². The molecule has 0 saturated heterocycles. The Morgan fingerprint density at radius 2 is 2.06 bits per heavy atom. The van der Waals surface area contributed by atoms with E-state index in [0.717, 1.165) is 5.75 Å². The summed E-state index contributed by atoms with van der Waals surface area (Å²) < 4.78 is 0. The molecule has 1 aliphatic rings. The Bertz CT molecular complexity index is 417. The van der Waals surface area contributed by atoms with Gasteiger partial charge in [-0.2, -0.15) is 0 Å². The summed E-state index contributed by atoms with van der Waals surface area (Å²) in [5.41, 5.74) is 2.51. The van der Waals surface area contributed by atoms with E-state index in [-0.39, 0.29) is 12.1 Å². The number of rotatable bonds is 6. The van der Waals surface area contributed by atoms with Crippen LogP contribution in [-0.4, -0.2) is 29.0 Å². The summed E-state index contributed by atoms with van der Waals surface area (Å²) in [6, 6.07) is 7.20. The lowest BCUT2D eigenvalue weighted by Gasteiger charge is -2.28. The third-order valence-corrected chi connectivity index (χ3v) is 4.88. The summed E-state index contributed by atoms with van der Waals surface area (Å²) in [5, 5.41) is 13.1. The molecule has 1 atom stereocenters. The van der Waals surface area contributed by atoms with Gasteiger partial charge < -0.3 is 10.4 Å². The first-order valence-corrected chi connectivity index (χ1v) is 7.59. The summed E-state index contributed by atoms with van der Waals surface area (Å²) >= 11 is 1.82. The summed E-state index contributed by atoms with van der Waals surface area (Å²) in [6.45, 7) is 6.59. The van der Waals surface area contributed by atoms with Crippen molar-refractivity contribution < 1.29 is 5.11 Å². The highest BCUT2D eigenvalue weighted by Gasteiger charge is 2.31. The van der Waals surface area contributed by atoms with Gasteiger partial charge in [0.2, 0.25) is 0 Å². The van der Waals surface area contributed by atoms with Gasteiger partial charge in [0.05, 0.1) is 6.61 Å². The summed E-state index contributed by atoms with van der Waals surface area (Å²) in [7, 11) is 0. The Morgan fingerprint density at radius 1 is 1.33 bits per heavy atom. The fraction of sp³-hybridized carbons (Fsp3) is 0.600. The van der Waals surface area contributed by atoms with Gasteiger partial charge in [0.15, 0.2) is 0 Å². The van der Waals surface area contributed by atoms with Crippen LogP contribution in [0.25, 0.3) is 0 Å². The topological polar surface area (TPSA) is 32.3 Å². The Morgan fingerprint density at radius 3 is 2.61 bits per heavy atom. The third-order valence-electron chi connectivity index (χ3n) is 3.51. The fourth-order valence-corrected chi connectivity index (χ4v) is 2.98. The van der Waals surface area contributed by atoms with E-state index in [1.54, 1.807) is 0 Å². The predicted octanol–water partition coefficient (Wildman–Crippen LogP) is 2.90. The lowest BCUT2D eigenvalue weighted by molar-refractivity contribution is 0.190. The van der Waals surface area contributed by atoms with E-state index in [4.69, 9.17) is 0 Å². The van der Waals surface area contributed by atoms with Crippen LogP contribution in [0.1, 0.15) is 30.9 Å². The maximum atomic E-state index is 9.56. The van der Waals surface area contributed by atoms with Gasteiger partial charge in [-0.1, -0.05) is 6.07 Å². The van der Waals surface area contributed by atoms with Crippen molar-refractivity contribution in [1.29, 1.82) is 0 Å². The molecule has 0 aromatic heterocycles. The molecule has 100 valence electrons. The van der Waals surface area contributed by atoms with Crippen LogP contribution in [0.4, 0.5) is 0 Å². The Balaban J connectivity index is 1.93. The molecule has 1 aliphatic carbocycles. The minimum atomic E-state index is -0.162. The van der Waals surface area contributed by atoms with Crippen LogP contribution < -0.4 is 5.32 Å². The molecule has 3 heteroatoms.